The highest BCUT2D eigenvalue weighted by Gasteiger charge is 2.13. The maximum Gasteiger partial charge on any atom is 0.280 e. The van der Waals surface area contributed by atoms with Crippen LogP contribution in [0.25, 0.3) is 0 Å². The number of aldehydes is 1. The van der Waals surface area contributed by atoms with E-state index in [1.807, 2.05) is 0 Å². The van der Waals surface area contributed by atoms with Crippen LogP contribution in [-0.4, -0.2) is 18.4 Å². The molecule has 8 heteroatoms. The minimum absolute atomic E-state index is 0.138. The van der Waals surface area contributed by atoms with Crippen LogP contribution in [0.3, 0.4) is 0 Å². The molecule has 19 heavy (non-hydrogen) atoms. The molecule has 0 saturated heterocycles. The van der Waals surface area contributed by atoms with E-state index in [2.05, 4.69) is 36.8 Å². The van der Waals surface area contributed by atoms with E-state index in [0.717, 1.165) is 15.8 Å². The van der Waals surface area contributed by atoms with Gasteiger partial charge in [-0.1, -0.05) is 22.9 Å². The predicted molar refractivity (Wildman–Crippen MR) is 81.0 cm³/mol. The number of hydrogen-bond acceptors (Lipinski definition) is 5. The normalized spacial score (nSPS) is 10.3. The Kier molecular flexibility index (Phi) is 4.83. The van der Waals surface area contributed by atoms with Crippen LogP contribution in [0.4, 0.5) is 0 Å². The molecule has 0 spiro atoms. The fourth-order valence-electron chi connectivity index (χ4n) is 1.25. The van der Waals surface area contributed by atoms with Crippen molar-refractivity contribution in [3.63, 3.8) is 0 Å². The first-order chi connectivity index (χ1) is 9.05. The van der Waals surface area contributed by atoms with E-state index < -0.39 is 0 Å². The lowest BCUT2D eigenvalue weighted by molar-refractivity contribution is 0.112. The van der Waals surface area contributed by atoms with Gasteiger partial charge in [-0.2, -0.15) is 4.98 Å². The monoisotopic (exact) mass is 425 g/mol. The van der Waals surface area contributed by atoms with E-state index in [0.29, 0.717) is 32.3 Å². The molecular formula is C11H6Br2ClNO3S. The lowest BCUT2D eigenvalue weighted by atomic mass is 10.3. The summed E-state index contributed by atoms with van der Waals surface area (Å²) in [7, 11) is 1.57. The molecule has 0 saturated carbocycles. The van der Waals surface area contributed by atoms with E-state index >= 15 is 0 Å². The van der Waals surface area contributed by atoms with Gasteiger partial charge >= 0.3 is 0 Å². The van der Waals surface area contributed by atoms with Crippen molar-refractivity contribution in [1.29, 1.82) is 0 Å². The molecular weight excluding hydrogens is 421 g/mol. The zero-order chi connectivity index (χ0) is 14.0. The summed E-state index contributed by atoms with van der Waals surface area (Å²) >= 11 is 13.6. The van der Waals surface area contributed by atoms with Gasteiger partial charge in [0.15, 0.2) is 11.4 Å². The maximum atomic E-state index is 10.7. The van der Waals surface area contributed by atoms with Crippen LogP contribution in [0.15, 0.2) is 21.1 Å². The van der Waals surface area contributed by atoms with E-state index in [-0.39, 0.29) is 5.15 Å². The van der Waals surface area contributed by atoms with Gasteiger partial charge < -0.3 is 9.47 Å². The second-order valence-corrected chi connectivity index (χ2v) is 6.33. The number of carbonyl (C=O) groups excluding carboxylic acids is 1. The number of thiazole rings is 1. The lowest BCUT2D eigenvalue weighted by Crippen LogP contribution is -1.89. The van der Waals surface area contributed by atoms with E-state index in [1.54, 1.807) is 19.2 Å². The average Bonchev–Trinajstić information content (AvgIpc) is 2.73. The Labute approximate surface area is 135 Å². The number of ether oxygens (including phenoxy) is 2. The molecule has 0 radical (unpaired) electrons. The first-order valence-electron chi connectivity index (χ1n) is 4.87. The molecule has 0 aliphatic rings. The van der Waals surface area contributed by atoms with Crippen molar-refractivity contribution in [2.45, 2.75) is 0 Å². The van der Waals surface area contributed by atoms with Crippen molar-refractivity contribution in [3.8, 4) is 16.7 Å². The smallest absolute Gasteiger partial charge is 0.280 e. The van der Waals surface area contributed by atoms with Crippen LogP contribution in [0, 0.1) is 0 Å². The Morgan fingerprint density at radius 3 is 2.53 bits per heavy atom. The summed E-state index contributed by atoms with van der Waals surface area (Å²) in [5.41, 5.74) is 0. The van der Waals surface area contributed by atoms with Gasteiger partial charge in [-0.05, 0) is 37.9 Å². The Bertz CT molecular complexity index is 633. The molecule has 1 aromatic heterocycles. The molecule has 2 aromatic rings. The largest absolute Gasteiger partial charge is 0.496 e. The maximum absolute atomic E-state index is 10.7. The Hall–Kier alpha value is -0.630. The van der Waals surface area contributed by atoms with Crippen LogP contribution in [0.1, 0.15) is 9.67 Å². The fourth-order valence-corrected chi connectivity index (χ4v) is 3.06. The van der Waals surface area contributed by atoms with Gasteiger partial charge in [0.1, 0.15) is 16.4 Å². The van der Waals surface area contributed by atoms with Gasteiger partial charge in [-0.25, -0.2) is 0 Å². The second-order valence-electron chi connectivity index (χ2n) is 3.27. The van der Waals surface area contributed by atoms with Crippen molar-refractivity contribution < 1.29 is 14.3 Å². The van der Waals surface area contributed by atoms with Crippen molar-refractivity contribution in [2.75, 3.05) is 7.11 Å². The number of carbonyl (C=O) groups is 1. The molecule has 0 N–H and O–H groups in total. The number of methoxy groups -OCH3 is 1. The molecule has 4 nitrogen and oxygen atoms in total. The number of halogens is 3. The zero-order valence-corrected chi connectivity index (χ0v) is 14.2. The number of rotatable bonds is 4. The van der Waals surface area contributed by atoms with Crippen molar-refractivity contribution in [3.05, 3.63) is 31.1 Å². The third kappa shape index (κ3) is 3.28. The number of benzene rings is 1. The molecule has 0 amide bonds. The van der Waals surface area contributed by atoms with Crippen LogP contribution in [0.5, 0.6) is 16.7 Å². The van der Waals surface area contributed by atoms with Gasteiger partial charge in [0.2, 0.25) is 0 Å². The van der Waals surface area contributed by atoms with Gasteiger partial charge in [-0.3, -0.25) is 4.79 Å². The topological polar surface area (TPSA) is 48.4 Å². The van der Waals surface area contributed by atoms with Crippen molar-refractivity contribution in [1.82, 2.24) is 4.98 Å². The summed E-state index contributed by atoms with van der Waals surface area (Å²) in [6, 6.07) is 3.49. The molecule has 0 aliphatic heterocycles. The summed E-state index contributed by atoms with van der Waals surface area (Å²) < 4.78 is 12.2. The molecule has 0 atom stereocenters. The minimum Gasteiger partial charge on any atom is -0.496 e. The van der Waals surface area contributed by atoms with E-state index in [9.17, 15) is 4.79 Å². The van der Waals surface area contributed by atoms with E-state index in [4.69, 9.17) is 21.1 Å². The SMILES string of the molecule is COc1cc(Br)c(Oc2nc(Cl)c(C=O)s2)cc1Br. The number of hydrogen-bond donors (Lipinski definition) is 0. The van der Waals surface area contributed by atoms with Crippen LogP contribution >= 0.6 is 54.8 Å². The van der Waals surface area contributed by atoms with Crippen LogP contribution in [-0.2, 0) is 0 Å². The first kappa shape index (κ1) is 14.8. The fraction of sp³-hybridized carbons (Fsp3) is 0.0909. The molecule has 0 aliphatic carbocycles. The summed E-state index contributed by atoms with van der Waals surface area (Å²) in [6.07, 6.45) is 0.645. The third-order valence-electron chi connectivity index (χ3n) is 2.10. The third-order valence-corrected chi connectivity index (χ3v) is 4.60. The van der Waals surface area contributed by atoms with E-state index in [1.165, 1.54) is 0 Å². The molecule has 0 bridgehead atoms. The van der Waals surface area contributed by atoms with Gasteiger partial charge in [-0.15, -0.1) is 0 Å². The Balaban J connectivity index is 2.32. The van der Waals surface area contributed by atoms with Crippen LogP contribution in [0.2, 0.25) is 5.15 Å². The first-order valence-corrected chi connectivity index (χ1v) is 7.65. The summed E-state index contributed by atoms with van der Waals surface area (Å²) in [4.78, 5) is 15.0. The van der Waals surface area contributed by atoms with Crippen molar-refractivity contribution in [2.24, 2.45) is 0 Å². The highest BCUT2D eigenvalue weighted by atomic mass is 79.9. The highest BCUT2D eigenvalue weighted by molar-refractivity contribution is 9.11. The lowest BCUT2D eigenvalue weighted by Gasteiger charge is -2.08. The zero-order valence-electron chi connectivity index (χ0n) is 9.45. The van der Waals surface area contributed by atoms with Gasteiger partial charge in [0, 0.05) is 6.07 Å². The Morgan fingerprint density at radius 2 is 1.95 bits per heavy atom. The predicted octanol–water partition coefficient (Wildman–Crippen LogP) is 4.93. The summed E-state index contributed by atoms with van der Waals surface area (Å²) in [5, 5.41) is 0.434. The molecule has 100 valence electrons. The molecule has 0 unspecified atom stereocenters. The average molecular weight is 428 g/mol. The van der Waals surface area contributed by atoms with Gasteiger partial charge in [0.05, 0.1) is 16.1 Å². The summed E-state index contributed by atoms with van der Waals surface area (Å²) in [5.74, 6) is 1.21. The standard InChI is InChI=1S/C11H6Br2ClNO3S/c1-17-7-2-6(13)8(3-5(7)12)18-11-15-10(14)9(4-16)19-11/h2-4H,1H3. The number of nitrogens with zero attached hydrogens (tertiary/aromatic N) is 1. The quantitative estimate of drug-likeness (QED) is 0.649. The second kappa shape index (κ2) is 6.21. The summed E-state index contributed by atoms with van der Waals surface area (Å²) in [6.45, 7) is 0. The minimum atomic E-state index is 0.138. The molecule has 1 aromatic carbocycles. The molecule has 0 fully saturated rings. The molecule has 1 heterocycles. The number of aromatic nitrogens is 1. The molecule has 2 rings (SSSR count). The van der Waals surface area contributed by atoms with Crippen molar-refractivity contribution >= 4 is 61.1 Å². The highest BCUT2D eigenvalue weighted by Crippen LogP contribution is 2.39. The van der Waals surface area contributed by atoms with Crippen LogP contribution < -0.4 is 9.47 Å². The Morgan fingerprint density at radius 1 is 1.32 bits per heavy atom. The van der Waals surface area contributed by atoms with Gasteiger partial charge in [0.25, 0.3) is 5.19 Å².